The Bertz CT molecular complexity index is 484. The van der Waals surface area contributed by atoms with Gasteiger partial charge in [0.25, 0.3) is 5.91 Å². The van der Waals surface area contributed by atoms with Crippen LogP contribution in [0.3, 0.4) is 0 Å². The lowest BCUT2D eigenvalue weighted by molar-refractivity contribution is 0.0315. The number of fused-ring (bicyclic) bond motifs is 1. The SMILES string of the molecule is Cc1cc(C)c(C(=O)N2CCSC3COCCC32)[nH]1. The van der Waals surface area contributed by atoms with Crippen molar-refractivity contribution >= 4 is 17.7 Å². The molecule has 3 heterocycles. The standard InChI is InChI=1S/C14H20N2O2S/c1-9-7-10(2)15-13(9)14(17)16-4-6-19-12-8-18-5-3-11(12)16/h7,11-12,15H,3-6,8H2,1-2H3. The Morgan fingerprint density at radius 1 is 1.53 bits per heavy atom. The van der Waals surface area contributed by atoms with E-state index < -0.39 is 0 Å². The molecule has 0 saturated carbocycles. The number of ether oxygens (including phenoxy) is 1. The molecule has 1 aromatic rings. The van der Waals surface area contributed by atoms with Crippen LogP contribution in [-0.2, 0) is 4.74 Å². The summed E-state index contributed by atoms with van der Waals surface area (Å²) in [5.41, 5.74) is 2.86. The van der Waals surface area contributed by atoms with E-state index in [1.165, 1.54) is 0 Å². The van der Waals surface area contributed by atoms with Crippen molar-refractivity contribution in [3.05, 3.63) is 23.0 Å². The quantitative estimate of drug-likeness (QED) is 0.855. The maximum absolute atomic E-state index is 12.7. The van der Waals surface area contributed by atoms with E-state index in [0.29, 0.717) is 11.3 Å². The molecule has 5 heteroatoms. The van der Waals surface area contributed by atoms with Gasteiger partial charge in [-0.15, -0.1) is 0 Å². The zero-order chi connectivity index (χ0) is 13.4. The van der Waals surface area contributed by atoms with Gasteiger partial charge in [0.15, 0.2) is 0 Å². The number of hydrogen-bond donors (Lipinski definition) is 1. The molecule has 3 rings (SSSR count). The van der Waals surface area contributed by atoms with Crippen LogP contribution < -0.4 is 0 Å². The summed E-state index contributed by atoms with van der Waals surface area (Å²) in [7, 11) is 0. The number of hydrogen-bond acceptors (Lipinski definition) is 3. The first-order chi connectivity index (χ1) is 9.16. The van der Waals surface area contributed by atoms with E-state index in [4.69, 9.17) is 4.74 Å². The molecule has 2 aliphatic rings. The minimum atomic E-state index is 0.155. The lowest BCUT2D eigenvalue weighted by atomic mass is 10.1. The van der Waals surface area contributed by atoms with Crippen LogP contribution >= 0.6 is 11.8 Å². The lowest BCUT2D eigenvalue weighted by Crippen LogP contribution is -2.54. The number of amides is 1. The largest absolute Gasteiger partial charge is 0.380 e. The van der Waals surface area contributed by atoms with E-state index in [1.54, 1.807) is 0 Å². The monoisotopic (exact) mass is 280 g/mol. The summed E-state index contributed by atoms with van der Waals surface area (Å²) in [6.45, 7) is 6.39. The van der Waals surface area contributed by atoms with E-state index in [-0.39, 0.29) is 5.91 Å². The van der Waals surface area contributed by atoms with Crippen molar-refractivity contribution in [1.82, 2.24) is 9.88 Å². The van der Waals surface area contributed by atoms with Crippen LogP contribution in [0.25, 0.3) is 0 Å². The molecular formula is C14H20N2O2S. The molecule has 19 heavy (non-hydrogen) atoms. The summed E-state index contributed by atoms with van der Waals surface area (Å²) in [6.07, 6.45) is 0.960. The predicted octanol–water partition coefficient (Wildman–Crippen LogP) is 1.98. The fourth-order valence-electron chi connectivity index (χ4n) is 3.03. The number of rotatable bonds is 1. The third-order valence-corrected chi connectivity index (χ3v) is 5.25. The fourth-order valence-corrected chi connectivity index (χ4v) is 4.33. The maximum Gasteiger partial charge on any atom is 0.270 e. The molecule has 1 N–H and O–H groups in total. The molecule has 1 aromatic heterocycles. The molecule has 0 bridgehead atoms. The Hall–Kier alpha value is -0.940. The van der Waals surface area contributed by atoms with Crippen LogP contribution in [0.4, 0.5) is 0 Å². The summed E-state index contributed by atoms with van der Waals surface area (Å²) in [5.74, 6) is 1.16. The molecule has 2 aliphatic heterocycles. The minimum absolute atomic E-state index is 0.155. The first kappa shape index (κ1) is 13.1. The zero-order valence-electron chi connectivity index (χ0n) is 11.4. The number of aryl methyl sites for hydroxylation is 2. The van der Waals surface area contributed by atoms with Gasteiger partial charge in [-0.1, -0.05) is 0 Å². The number of thioether (sulfide) groups is 1. The topological polar surface area (TPSA) is 45.3 Å². The molecule has 2 atom stereocenters. The smallest absolute Gasteiger partial charge is 0.270 e. The highest BCUT2D eigenvalue weighted by Gasteiger charge is 2.37. The maximum atomic E-state index is 12.7. The van der Waals surface area contributed by atoms with Gasteiger partial charge in [0.1, 0.15) is 5.69 Å². The molecule has 0 aromatic carbocycles. The van der Waals surface area contributed by atoms with Crippen molar-refractivity contribution in [3.63, 3.8) is 0 Å². The number of carbonyl (C=O) groups excluding carboxylic acids is 1. The zero-order valence-corrected chi connectivity index (χ0v) is 12.3. The molecule has 4 nitrogen and oxygen atoms in total. The van der Waals surface area contributed by atoms with Gasteiger partial charge in [-0.3, -0.25) is 4.79 Å². The Morgan fingerprint density at radius 2 is 2.37 bits per heavy atom. The van der Waals surface area contributed by atoms with Crippen molar-refractivity contribution in [2.24, 2.45) is 0 Å². The number of aromatic nitrogens is 1. The number of carbonyl (C=O) groups is 1. The second-order valence-electron chi connectivity index (χ2n) is 5.35. The average molecular weight is 280 g/mol. The van der Waals surface area contributed by atoms with Crippen molar-refractivity contribution < 1.29 is 9.53 Å². The normalized spacial score (nSPS) is 27.2. The van der Waals surface area contributed by atoms with E-state index in [9.17, 15) is 4.79 Å². The van der Waals surface area contributed by atoms with E-state index in [2.05, 4.69) is 9.88 Å². The number of nitrogens with one attached hydrogen (secondary N) is 1. The molecule has 0 radical (unpaired) electrons. The van der Waals surface area contributed by atoms with Crippen molar-refractivity contribution in [3.8, 4) is 0 Å². The summed E-state index contributed by atoms with van der Waals surface area (Å²) >= 11 is 1.94. The van der Waals surface area contributed by atoms with Crippen LogP contribution in [0, 0.1) is 13.8 Å². The molecule has 2 unspecified atom stereocenters. The summed E-state index contributed by atoms with van der Waals surface area (Å²) in [4.78, 5) is 18.0. The third-order valence-electron chi connectivity index (χ3n) is 3.96. The van der Waals surface area contributed by atoms with E-state index in [0.717, 1.165) is 48.9 Å². The Morgan fingerprint density at radius 3 is 3.11 bits per heavy atom. The Balaban J connectivity index is 1.83. The van der Waals surface area contributed by atoms with Crippen molar-refractivity contribution in [2.45, 2.75) is 31.6 Å². The summed E-state index contributed by atoms with van der Waals surface area (Å²) in [6, 6.07) is 2.37. The second-order valence-corrected chi connectivity index (χ2v) is 6.70. The highest BCUT2D eigenvalue weighted by Crippen LogP contribution is 2.31. The molecule has 104 valence electrons. The first-order valence-corrected chi connectivity index (χ1v) is 7.88. The van der Waals surface area contributed by atoms with Crippen LogP contribution in [0.2, 0.25) is 0 Å². The highest BCUT2D eigenvalue weighted by atomic mass is 32.2. The van der Waals surface area contributed by atoms with Gasteiger partial charge in [0.2, 0.25) is 0 Å². The highest BCUT2D eigenvalue weighted by molar-refractivity contribution is 8.00. The number of nitrogens with zero attached hydrogens (tertiary/aromatic N) is 1. The predicted molar refractivity (Wildman–Crippen MR) is 76.8 cm³/mol. The van der Waals surface area contributed by atoms with Gasteiger partial charge in [0.05, 0.1) is 6.61 Å². The molecule has 2 saturated heterocycles. The van der Waals surface area contributed by atoms with Gasteiger partial charge >= 0.3 is 0 Å². The fraction of sp³-hybridized carbons (Fsp3) is 0.643. The van der Waals surface area contributed by atoms with E-state index >= 15 is 0 Å². The molecular weight excluding hydrogens is 260 g/mol. The van der Waals surface area contributed by atoms with Gasteiger partial charge in [-0.25, -0.2) is 0 Å². The van der Waals surface area contributed by atoms with Crippen LogP contribution in [0.15, 0.2) is 6.07 Å². The first-order valence-electron chi connectivity index (χ1n) is 6.83. The van der Waals surface area contributed by atoms with Crippen LogP contribution in [0.1, 0.15) is 28.2 Å². The van der Waals surface area contributed by atoms with Crippen molar-refractivity contribution in [1.29, 1.82) is 0 Å². The van der Waals surface area contributed by atoms with Gasteiger partial charge in [-0.05, 0) is 31.9 Å². The molecule has 0 aliphatic carbocycles. The summed E-state index contributed by atoms with van der Waals surface area (Å²) < 4.78 is 5.53. The summed E-state index contributed by atoms with van der Waals surface area (Å²) in [5, 5.41) is 0.447. The van der Waals surface area contributed by atoms with Gasteiger partial charge in [-0.2, -0.15) is 11.8 Å². The van der Waals surface area contributed by atoms with Crippen molar-refractivity contribution in [2.75, 3.05) is 25.5 Å². The molecule has 1 amide bonds. The molecule has 0 spiro atoms. The lowest BCUT2D eigenvalue weighted by Gasteiger charge is -2.43. The minimum Gasteiger partial charge on any atom is -0.380 e. The third kappa shape index (κ3) is 2.41. The van der Waals surface area contributed by atoms with E-state index in [1.807, 2.05) is 31.7 Å². The number of H-pyrrole nitrogens is 1. The van der Waals surface area contributed by atoms with Gasteiger partial charge < -0.3 is 14.6 Å². The second kappa shape index (κ2) is 5.21. The Kier molecular flexibility index (Phi) is 3.58. The average Bonchev–Trinajstić information content (AvgIpc) is 2.76. The van der Waals surface area contributed by atoms with Gasteiger partial charge in [0, 0.05) is 35.9 Å². The van der Waals surface area contributed by atoms with Crippen LogP contribution in [-0.4, -0.2) is 52.6 Å². The Labute approximate surface area is 117 Å². The molecule has 2 fully saturated rings. The van der Waals surface area contributed by atoms with Crippen LogP contribution in [0.5, 0.6) is 0 Å². The number of aromatic amines is 1.